The van der Waals surface area contributed by atoms with Crippen molar-refractivity contribution in [1.29, 1.82) is 0 Å². The zero-order valence-corrected chi connectivity index (χ0v) is 13.2. The van der Waals surface area contributed by atoms with Gasteiger partial charge in [-0.15, -0.1) is 0 Å². The highest BCUT2D eigenvalue weighted by Crippen LogP contribution is 2.30. The van der Waals surface area contributed by atoms with Crippen LogP contribution in [0.5, 0.6) is 11.5 Å². The van der Waals surface area contributed by atoms with Gasteiger partial charge in [0.15, 0.2) is 6.61 Å². The Hall–Kier alpha value is -2.76. The van der Waals surface area contributed by atoms with Crippen molar-refractivity contribution in [1.82, 2.24) is 0 Å². The number of ether oxygens (including phenoxy) is 2. The molecule has 3 aromatic rings. The monoisotopic (exact) mass is 350 g/mol. The molecule has 25 heavy (non-hydrogen) atoms. The van der Waals surface area contributed by atoms with Gasteiger partial charge in [0.25, 0.3) is 0 Å². The second-order valence-corrected chi connectivity index (χ2v) is 5.47. The van der Waals surface area contributed by atoms with Crippen LogP contribution in [0.2, 0.25) is 0 Å². The molecule has 0 aliphatic rings. The van der Waals surface area contributed by atoms with E-state index >= 15 is 0 Å². The smallest absolute Gasteiger partial charge is 0.422 e. The number of fused-ring (bicyclic) bond motifs is 1. The van der Waals surface area contributed by atoms with E-state index in [-0.39, 0.29) is 5.75 Å². The first-order valence-corrected chi connectivity index (χ1v) is 7.43. The van der Waals surface area contributed by atoms with E-state index in [9.17, 15) is 17.6 Å². The van der Waals surface area contributed by atoms with Gasteiger partial charge in [-0.25, -0.2) is 4.39 Å². The molecule has 6 heteroatoms. The first-order valence-electron chi connectivity index (χ1n) is 7.43. The summed E-state index contributed by atoms with van der Waals surface area (Å²) in [5.74, 6) is 0.144. The SMILES string of the molecule is COc1ccc(-c2ccc3cc(OCC(F)(F)F)ccc3c2)c(F)c1. The van der Waals surface area contributed by atoms with Crippen molar-refractivity contribution in [3.63, 3.8) is 0 Å². The molecule has 0 heterocycles. The first-order chi connectivity index (χ1) is 11.9. The van der Waals surface area contributed by atoms with E-state index in [0.29, 0.717) is 22.3 Å². The van der Waals surface area contributed by atoms with E-state index in [4.69, 9.17) is 9.47 Å². The van der Waals surface area contributed by atoms with E-state index in [1.54, 1.807) is 36.4 Å². The van der Waals surface area contributed by atoms with Gasteiger partial charge in [0.2, 0.25) is 0 Å². The second-order valence-electron chi connectivity index (χ2n) is 5.47. The van der Waals surface area contributed by atoms with Crippen molar-refractivity contribution < 1.29 is 27.0 Å². The van der Waals surface area contributed by atoms with Crippen molar-refractivity contribution >= 4 is 10.8 Å². The van der Waals surface area contributed by atoms with Crippen LogP contribution in [0.15, 0.2) is 54.6 Å². The summed E-state index contributed by atoms with van der Waals surface area (Å²) < 4.78 is 60.6. The fourth-order valence-electron chi connectivity index (χ4n) is 2.50. The summed E-state index contributed by atoms with van der Waals surface area (Å²) in [6.45, 7) is -1.34. The lowest BCUT2D eigenvalue weighted by molar-refractivity contribution is -0.153. The van der Waals surface area contributed by atoms with E-state index in [1.807, 2.05) is 0 Å². The Balaban J connectivity index is 1.90. The summed E-state index contributed by atoms with van der Waals surface area (Å²) in [6.07, 6.45) is -4.38. The zero-order chi connectivity index (χ0) is 18.0. The fraction of sp³-hybridized carbons (Fsp3) is 0.158. The van der Waals surface area contributed by atoms with Crippen molar-refractivity contribution in [3.8, 4) is 22.6 Å². The van der Waals surface area contributed by atoms with Crippen molar-refractivity contribution in [2.75, 3.05) is 13.7 Å². The van der Waals surface area contributed by atoms with Crippen molar-refractivity contribution in [2.45, 2.75) is 6.18 Å². The third-order valence-electron chi connectivity index (χ3n) is 3.70. The van der Waals surface area contributed by atoms with Crippen LogP contribution in [0.3, 0.4) is 0 Å². The van der Waals surface area contributed by atoms with Gasteiger partial charge in [-0.1, -0.05) is 18.2 Å². The van der Waals surface area contributed by atoms with E-state index in [1.165, 1.54) is 25.3 Å². The van der Waals surface area contributed by atoms with Crippen molar-refractivity contribution in [3.05, 3.63) is 60.4 Å². The van der Waals surface area contributed by atoms with Gasteiger partial charge in [-0.3, -0.25) is 0 Å². The molecule has 2 nitrogen and oxygen atoms in total. The van der Waals surface area contributed by atoms with Crippen LogP contribution in [0.25, 0.3) is 21.9 Å². The largest absolute Gasteiger partial charge is 0.497 e. The molecule has 3 rings (SSSR count). The molecule has 0 spiro atoms. The van der Waals surface area contributed by atoms with E-state index in [2.05, 4.69) is 0 Å². The number of hydrogen-bond donors (Lipinski definition) is 0. The van der Waals surface area contributed by atoms with Gasteiger partial charge < -0.3 is 9.47 Å². The maximum Gasteiger partial charge on any atom is 0.422 e. The molecule has 0 aromatic heterocycles. The topological polar surface area (TPSA) is 18.5 Å². The van der Waals surface area contributed by atoms with Crippen molar-refractivity contribution in [2.24, 2.45) is 0 Å². The van der Waals surface area contributed by atoms with Gasteiger partial charge in [0.1, 0.15) is 17.3 Å². The highest BCUT2D eigenvalue weighted by atomic mass is 19.4. The molecular formula is C19H14F4O2. The lowest BCUT2D eigenvalue weighted by Gasteiger charge is -2.11. The lowest BCUT2D eigenvalue weighted by Crippen LogP contribution is -2.19. The van der Waals surface area contributed by atoms with Crippen LogP contribution in [-0.4, -0.2) is 19.9 Å². The van der Waals surface area contributed by atoms with Gasteiger partial charge in [-0.2, -0.15) is 13.2 Å². The Bertz CT molecular complexity index is 904. The normalized spacial score (nSPS) is 11.6. The molecule has 0 radical (unpaired) electrons. The summed E-state index contributed by atoms with van der Waals surface area (Å²) >= 11 is 0. The lowest BCUT2D eigenvalue weighted by atomic mass is 10.0. The van der Waals surface area contributed by atoms with Gasteiger partial charge in [0.05, 0.1) is 7.11 Å². The Kier molecular flexibility index (Phi) is 4.53. The molecule has 0 N–H and O–H groups in total. The quantitative estimate of drug-likeness (QED) is 0.571. The molecule has 0 bridgehead atoms. The maximum atomic E-state index is 14.2. The molecule has 0 aliphatic carbocycles. The summed E-state index contributed by atoms with van der Waals surface area (Å²) in [4.78, 5) is 0. The minimum Gasteiger partial charge on any atom is -0.497 e. The molecule has 0 saturated carbocycles. The summed E-state index contributed by atoms with van der Waals surface area (Å²) in [5.41, 5.74) is 1.08. The van der Waals surface area contributed by atoms with Crippen LogP contribution < -0.4 is 9.47 Å². The predicted octanol–water partition coefficient (Wildman–Crippen LogP) is 5.60. The molecule has 0 unspecified atom stereocenters. The highest BCUT2D eigenvalue weighted by Gasteiger charge is 2.28. The Morgan fingerprint density at radius 3 is 2.20 bits per heavy atom. The summed E-state index contributed by atoms with van der Waals surface area (Å²) in [5, 5.41) is 1.48. The molecule has 130 valence electrons. The number of hydrogen-bond acceptors (Lipinski definition) is 2. The van der Waals surface area contributed by atoms with Gasteiger partial charge in [-0.05, 0) is 46.7 Å². The van der Waals surface area contributed by atoms with E-state index in [0.717, 1.165) is 5.39 Å². The molecule has 0 amide bonds. The molecule has 0 atom stereocenters. The number of alkyl halides is 3. The van der Waals surface area contributed by atoms with Crippen LogP contribution >= 0.6 is 0 Å². The number of benzene rings is 3. The zero-order valence-electron chi connectivity index (χ0n) is 13.2. The predicted molar refractivity (Wildman–Crippen MR) is 87.4 cm³/mol. The third-order valence-corrected chi connectivity index (χ3v) is 3.70. The van der Waals surface area contributed by atoms with Gasteiger partial charge >= 0.3 is 6.18 Å². The minimum atomic E-state index is -4.38. The third kappa shape index (κ3) is 4.02. The Morgan fingerprint density at radius 1 is 0.840 bits per heavy atom. The number of methoxy groups -OCH3 is 1. The first kappa shape index (κ1) is 17.1. The molecule has 0 aliphatic heterocycles. The fourth-order valence-corrected chi connectivity index (χ4v) is 2.50. The van der Waals surface area contributed by atoms with E-state index < -0.39 is 18.6 Å². The minimum absolute atomic E-state index is 0.133. The Morgan fingerprint density at radius 2 is 1.52 bits per heavy atom. The Labute approximate surface area is 141 Å². The maximum absolute atomic E-state index is 14.2. The number of halogens is 4. The van der Waals surface area contributed by atoms with Crippen LogP contribution in [0.4, 0.5) is 17.6 Å². The molecule has 0 saturated heterocycles. The van der Waals surface area contributed by atoms with Gasteiger partial charge in [0, 0.05) is 11.6 Å². The molecule has 3 aromatic carbocycles. The summed E-state index contributed by atoms with van der Waals surface area (Å²) in [7, 11) is 1.46. The number of rotatable bonds is 4. The average Bonchev–Trinajstić information content (AvgIpc) is 2.58. The second kappa shape index (κ2) is 6.63. The summed E-state index contributed by atoms with van der Waals surface area (Å²) in [6, 6.07) is 14.4. The van der Waals surface area contributed by atoms with Crippen LogP contribution in [0.1, 0.15) is 0 Å². The van der Waals surface area contributed by atoms with Crippen LogP contribution in [-0.2, 0) is 0 Å². The highest BCUT2D eigenvalue weighted by molar-refractivity contribution is 5.88. The standard InChI is InChI=1S/C19H14F4O2/c1-24-15-6-7-17(18(20)10-15)14-3-2-13-9-16(5-4-12(13)8-14)25-11-19(21,22)23/h2-10H,11H2,1H3. The van der Waals surface area contributed by atoms with Crippen LogP contribution in [0, 0.1) is 5.82 Å². The average molecular weight is 350 g/mol. The molecule has 0 fully saturated rings. The molecular weight excluding hydrogens is 336 g/mol.